The van der Waals surface area contributed by atoms with Crippen molar-refractivity contribution in [1.82, 2.24) is 0 Å². The predicted octanol–water partition coefficient (Wildman–Crippen LogP) is 2.59. The molecule has 0 unspecified atom stereocenters. The lowest BCUT2D eigenvalue weighted by Gasteiger charge is -2.00. The van der Waals surface area contributed by atoms with Crippen molar-refractivity contribution < 1.29 is 0 Å². The summed E-state index contributed by atoms with van der Waals surface area (Å²) in [5, 5.41) is 0. The van der Waals surface area contributed by atoms with Gasteiger partial charge in [-0.1, -0.05) is 12.1 Å². The van der Waals surface area contributed by atoms with Gasteiger partial charge in [0.25, 0.3) is 0 Å². The van der Waals surface area contributed by atoms with Gasteiger partial charge in [0, 0.05) is 4.90 Å². The Bertz CT molecular complexity index is 196. The molecule has 0 saturated carbocycles. The fourth-order valence-corrected chi connectivity index (χ4v) is 0.998. The smallest absolute Gasteiger partial charge is 0.00718 e. The summed E-state index contributed by atoms with van der Waals surface area (Å²) in [4.78, 5) is 1.08. The average Bonchev–Trinajstić information content (AvgIpc) is 1.83. The quantitative estimate of drug-likeness (QED) is 0.523. The van der Waals surface area contributed by atoms with Crippen molar-refractivity contribution >= 4 is 12.6 Å². The minimum Gasteiger partial charge on any atom is -0.143 e. The standard InChI is InChI=1S/C8H10S/c1-6-4-3-5-8(9)7(6)2/h3-5,9H,1-2H3. The first kappa shape index (κ1) is 6.69. The highest BCUT2D eigenvalue weighted by Crippen LogP contribution is 2.15. The minimum atomic E-state index is 1.08. The molecule has 1 heteroatoms. The fraction of sp³-hybridized carbons (Fsp3) is 0.250. The summed E-state index contributed by atoms with van der Waals surface area (Å²) >= 11 is 4.27. The molecule has 0 aliphatic heterocycles. The van der Waals surface area contributed by atoms with Crippen LogP contribution in [0.15, 0.2) is 23.1 Å². The molecule has 0 nitrogen and oxygen atoms in total. The zero-order valence-electron chi connectivity index (χ0n) is 5.68. The first-order valence-electron chi connectivity index (χ1n) is 2.97. The van der Waals surface area contributed by atoms with E-state index in [0.717, 1.165) is 4.90 Å². The molecule has 0 fully saturated rings. The third-order valence-corrected chi connectivity index (χ3v) is 2.06. The van der Waals surface area contributed by atoms with Gasteiger partial charge in [-0.15, -0.1) is 12.6 Å². The lowest BCUT2D eigenvalue weighted by molar-refractivity contribution is 1.24. The maximum absolute atomic E-state index is 4.27. The Morgan fingerprint density at radius 2 is 1.89 bits per heavy atom. The molecule has 0 bridgehead atoms. The Morgan fingerprint density at radius 1 is 1.22 bits per heavy atom. The van der Waals surface area contributed by atoms with Gasteiger partial charge in [0.1, 0.15) is 0 Å². The first-order chi connectivity index (χ1) is 4.22. The molecule has 0 aliphatic carbocycles. The van der Waals surface area contributed by atoms with Crippen molar-refractivity contribution in [3.8, 4) is 0 Å². The van der Waals surface area contributed by atoms with E-state index in [9.17, 15) is 0 Å². The molecule has 0 spiro atoms. The van der Waals surface area contributed by atoms with Crippen LogP contribution in [0.2, 0.25) is 0 Å². The zero-order valence-corrected chi connectivity index (χ0v) is 6.57. The largest absolute Gasteiger partial charge is 0.143 e. The maximum atomic E-state index is 4.27. The molecule has 0 atom stereocenters. The Morgan fingerprint density at radius 3 is 2.33 bits per heavy atom. The number of aryl methyl sites for hydroxylation is 1. The Hall–Kier alpha value is -0.430. The number of hydrogen-bond donors (Lipinski definition) is 1. The van der Waals surface area contributed by atoms with Gasteiger partial charge < -0.3 is 0 Å². The van der Waals surface area contributed by atoms with Crippen molar-refractivity contribution in [2.75, 3.05) is 0 Å². The maximum Gasteiger partial charge on any atom is 0.00718 e. The van der Waals surface area contributed by atoms with Gasteiger partial charge in [0.05, 0.1) is 0 Å². The van der Waals surface area contributed by atoms with Crippen LogP contribution in [-0.4, -0.2) is 0 Å². The summed E-state index contributed by atoms with van der Waals surface area (Å²) in [6.45, 7) is 4.17. The minimum absolute atomic E-state index is 1.08. The highest BCUT2D eigenvalue weighted by Gasteiger charge is 1.92. The molecule has 0 aromatic heterocycles. The van der Waals surface area contributed by atoms with E-state index in [1.54, 1.807) is 0 Å². The monoisotopic (exact) mass is 138 g/mol. The Kier molecular flexibility index (Phi) is 1.81. The summed E-state index contributed by atoms with van der Waals surface area (Å²) in [5.74, 6) is 0. The molecule has 9 heavy (non-hydrogen) atoms. The van der Waals surface area contributed by atoms with Crippen LogP contribution in [0.5, 0.6) is 0 Å². The molecule has 0 N–H and O–H groups in total. The molecule has 0 heterocycles. The highest BCUT2D eigenvalue weighted by atomic mass is 32.1. The van der Waals surface area contributed by atoms with E-state index in [1.165, 1.54) is 11.1 Å². The van der Waals surface area contributed by atoms with Crippen LogP contribution in [0.25, 0.3) is 0 Å². The van der Waals surface area contributed by atoms with Crippen LogP contribution < -0.4 is 0 Å². The second-order valence-corrected chi connectivity index (χ2v) is 2.70. The van der Waals surface area contributed by atoms with E-state index in [0.29, 0.717) is 0 Å². The summed E-state index contributed by atoms with van der Waals surface area (Å²) in [6, 6.07) is 6.12. The molecule has 1 aromatic rings. The van der Waals surface area contributed by atoms with E-state index >= 15 is 0 Å². The number of rotatable bonds is 0. The van der Waals surface area contributed by atoms with Gasteiger partial charge >= 0.3 is 0 Å². The topological polar surface area (TPSA) is 0 Å². The van der Waals surface area contributed by atoms with Gasteiger partial charge in [0.2, 0.25) is 0 Å². The molecule has 0 amide bonds. The normalized spacial score (nSPS) is 9.67. The van der Waals surface area contributed by atoms with Gasteiger partial charge in [-0.2, -0.15) is 0 Å². The van der Waals surface area contributed by atoms with Gasteiger partial charge in [0.15, 0.2) is 0 Å². The van der Waals surface area contributed by atoms with E-state index in [-0.39, 0.29) is 0 Å². The molecular formula is C8H10S. The number of thiol groups is 1. The zero-order chi connectivity index (χ0) is 6.85. The van der Waals surface area contributed by atoms with E-state index in [4.69, 9.17) is 0 Å². The molecule has 0 saturated heterocycles. The third-order valence-electron chi connectivity index (χ3n) is 1.58. The van der Waals surface area contributed by atoms with Crippen molar-refractivity contribution in [3.05, 3.63) is 29.3 Å². The van der Waals surface area contributed by atoms with Crippen LogP contribution in [0.3, 0.4) is 0 Å². The van der Waals surface area contributed by atoms with Gasteiger partial charge in [-0.05, 0) is 31.0 Å². The first-order valence-corrected chi connectivity index (χ1v) is 3.41. The summed E-state index contributed by atoms with van der Waals surface area (Å²) < 4.78 is 0. The van der Waals surface area contributed by atoms with Crippen LogP contribution in [0.4, 0.5) is 0 Å². The van der Waals surface area contributed by atoms with Crippen LogP contribution in [0, 0.1) is 13.8 Å². The lowest BCUT2D eigenvalue weighted by atomic mass is 10.1. The lowest BCUT2D eigenvalue weighted by Crippen LogP contribution is -1.79. The van der Waals surface area contributed by atoms with Crippen LogP contribution in [0.1, 0.15) is 11.1 Å². The molecule has 0 radical (unpaired) electrons. The van der Waals surface area contributed by atoms with Crippen molar-refractivity contribution in [2.24, 2.45) is 0 Å². The van der Waals surface area contributed by atoms with Gasteiger partial charge in [-0.3, -0.25) is 0 Å². The third kappa shape index (κ3) is 1.28. The summed E-state index contributed by atoms with van der Waals surface area (Å²) in [5.41, 5.74) is 2.59. The predicted molar refractivity (Wildman–Crippen MR) is 43.2 cm³/mol. The second kappa shape index (κ2) is 2.44. The van der Waals surface area contributed by atoms with Crippen molar-refractivity contribution in [3.63, 3.8) is 0 Å². The number of hydrogen-bond acceptors (Lipinski definition) is 1. The van der Waals surface area contributed by atoms with Crippen molar-refractivity contribution in [1.29, 1.82) is 0 Å². The van der Waals surface area contributed by atoms with E-state index < -0.39 is 0 Å². The van der Waals surface area contributed by atoms with Crippen molar-refractivity contribution in [2.45, 2.75) is 18.7 Å². The molecule has 0 aliphatic rings. The van der Waals surface area contributed by atoms with Crippen LogP contribution >= 0.6 is 12.6 Å². The van der Waals surface area contributed by atoms with Gasteiger partial charge in [-0.25, -0.2) is 0 Å². The van der Waals surface area contributed by atoms with Crippen LogP contribution in [-0.2, 0) is 0 Å². The van der Waals surface area contributed by atoms with E-state index in [1.807, 2.05) is 12.1 Å². The Labute approximate surface area is 61.3 Å². The summed E-state index contributed by atoms with van der Waals surface area (Å²) in [7, 11) is 0. The summed E-state index contributed by atoms with van der Waals surface area (Å²) in [6.07, 6.45) is 0. The molecule has 48 valence electrons. The highest BCUT2D eigenvalue weighted by molar-refractivity contribution is 7.80. The fourth-order valence-electron chi connectivity index (χ4n) is 0.736. The Balaban J connectivity index is 3.25. The molecule has 1 rings (SSSR count). The van der Waals surface area contributed by atoms with E-state index in [2.05, 4.69) is 32.5 Å². The SMILES string of the molecule is Cc1cccc(S)c1C. The number of benzene rings is 1. The second-order valence-electron chi connectivity index (χ2n) is 2.22. The molecule has 1 aromatic carbocycles. The molecular weight excluding hydrogens is 128 g/mol. The average molecular weight is 138 g/mol.